The predicted molar refractivity (Wildman–Crippen MR) is 83.8 cm³/mol. The van der Waals surface area contributed by atoms with Crippen LogP contribution < -0.4 is 21.1 Å². The topological polar surface area (TPSA) is 93.5 Å². The number of nitrogens with two attached hydrogens (primary N) is 1. The van der Waals surface area contributed by atoms with Crippen LogP contribution in [0.3, 0.4) is 0 Å². The molecule has 120 valence electrons. The van der Waals surface area contributed by atoms with Crippen LogP contribution in [0.25, 0.3) is 0 Å². The Labute approximate surface area is 130 Å². The molecule has 1 aromatic rings. The van der Waals surface area contributed by atoms with Gasteiger partial charge in [0.25, 0.3) is 5.91 Å². The van der Waals surface area contributed by atoms with Crippen molar-refractivity contribution in [2.75, 3.05) is 19.7 Å². The summed E-state index contributed by atoms with van der Waals surface area (Å²) in [5, 5.41) is 5.44. The quantitative estimate of drug-likeness (QED) is 0.617. The van der Waals surface area contributed by atoms with Gasteiger partial charge in [0.2, 0.25) is 5.91 Å². The zero-order valence-corrected chi connectivity index (χ0v) is 12.9. The molecule has 1 aliphatic carbocycles. The SMILES string of the molecule is Cc1ccc(C(=O)NCC(=O)NC2CC2)cc1OCCCN. The van der Waals surface area contributed by atoms with E-state index >= 15 is 0 Å². The lowest BCUT2D eigenvalue weighted by Crippen LogP contribution is -2.37. The summed E-state index contributed by atoms with van der Waals surface area (Å²) >= 11 is 0. The van der Waals surface area contributed by atoms with Gasteiger partial charge in [-0.25, -0.2) is 0 Å². The molecule has 0 atom stereocenters. The monoisotopic (exact) mass is 305 g/mol. The fourth-order valence-corrected chi connectivity index (χ4v) is 1.93. The summed E-state index contributed by atoms with van der Waals surface area (Å²) in [6.45, 7) is 3.00. The van der Waals surface area contributed by atoms with E-state index in [1.54, 1.807) is 12.1 Å². The second-order valence-corrected chi connectivity index (χ2v) is 5.50. The lowest BCUT2D eigenvalue weighted by molar-refractivity contribution is -0.120. The van der Waals surface area contributed by atoms with Gasteiger partial charge in [0.1, 0.15) is 5.75 Å². The molecule has 0 radical (unpaired) electrons. The van der Waals surface area contributed by atoms with Gasteiger partial charge in [0, 0.05) is 11.6 Å². The molecule has 6 nitrogen and oxygen atoms in total. The molecular formula is C16H23N3O3. The van der Waals surface area contributed by atoms with Crippen LogP contribution in [0.2, 0.25) is 0 Å². The van der Waals surface area contributed by atoms with Gasteiger partial charge in [-0.2, -0.15) is 0 Å². The van der Waals surface area contributed by atoms with E-state index in [-0.39, 0.29) is 18.4 Å². The highest BCUT2D eigenvalue weighted by molar-refractivity contribution is 5.96. The van der Waals surface area contributed by atoms with Crippen LogP contribution in [-0.4, -0.2) is 37.6 Å². The van der Waals surface area contributed by atoms with E-state index in [2.05, 4.69) is 10.6 Å². The van der Waals surface area contributed by atoms with Gasteiger partial charge in [-0.3, -0.25) is 9.59 Å². The fraction of sp³-hybridized carbons (Fsp3) is 0.500. The third-order valence-corrected chi connectivity index (χ3v) is 3.41. The minimum Gasteiger partial charge on any atom is -0.493 e. The second kappa shape index (κ2) is 7.79. The number of aryl methyl sites for hydroxylation is 1. The molecule has 0 bridgehead atoms. The van der Waals surface area contributed by atoms with Crippen molar-refractivity contribution >= 4 is 11.8 Å². The van der Waals surface area contributed by atoms with Gasteiger partial charge in [0.05, 0.1) is 13.2 Å². The van der Waals surface area contributed by atoms with Crippen molar-refractivity contribution in [3.63, 3.8) is 0 Å². The molecule has 2 rings (SSSR count). The molecule has 0 heterocycles. The highest BCUT2D eigenvalue weighted by Gasteiger charge is 2.23. The summed E-state index contributed by atoms with van der Waals surface area (Å²) in [5.74, 6) is 0.237. The maximum Gasteiger partial charge on any atom is 0.251 e. The summed E-state index contributed by atoms with van der Waals surface area (Å²) < 4.78 is 5.62. The van der Waals surface area contributed by atoms with Gasteiger partial charge in [0.15, 0.2) is 0 Å². The third kappa shape index (κ3) is 5.04. The van der Waals surface area contributed by atoms with E-state index in [0.29, 0.717) is 30.5 Å². The number of benzene rings is 1. The van der Waals surface area contributed by atoms with Crippen LogP contribution in [0.4, 0.5) is 0 Å². The molecule has 0 saturated heterocycles. The van der Waals surface area contributed by atoms with E-state index in [1.807, 2.05) is 13.0 Å². The molecule has 0 unspecified atom stereocenters. The average molecular weight is 305 g/mol. The highest BCUT2D eigenvalue weighted by Crippen LogP contribution is 2.20. The first-order valence-electron chi connectivity index (χ1n) is 7.61. The normalized spacial score (nSPS) is 13.5. The van der Waals surface area contributed by atoms with Gasteiger partial charge in [-0.1, -0.05) is 6.07 Å². The summed E-state index contributed by atoms with van der Waals surface area (Å²) in [5.41, 5.74) is 6.87. The Hall–Kier alpha value is -2.08. The van der Waals surface area contributed by atoms with Crippen molar-refractivity contribution in [3.05, 3.63) is 29.3 Å². The third-order valence-electron chi connectivity index (χ3n) is 3.41. The molecule has 0 spiro atoms. The Morgan fingerprint density at radius 1 is 1.36 bits per heavy atom. The minimum atomic E-state index is -0.283. The number of ether oxygens (including phenoxy) is 1. The van der Waals surface area contributed by atoms with E-state index in [0.717, 1.165) is 24.8 Å². The highest BCUT2D eigenvalue weighted by atomic mass is 16.5. The number of hydrogen-bond donors (Lipinski definition) is 3. The van der Waals surface area contributed by atoms with Crippen LogP contribution in [0, 0.1) is 6.92 Å². The summed E-state index contributed by atoms with van der Waals surface area (Å²) in [6.07, 6.45) is 2.82. The summed E-state index contributed by atoms with van der Waals surface area (Å²) in [6, 6.07) is 5.54. The number of nitrogens with one attached hydrogen (secondary N) is 2. The van der Waals surface area contributed by atoms with Crippen molar-refractivity contribution in [2.45, 2.75) is 32.2 Å². The number of carbonyl (C=O) groups excluding carboxylic acids is 2. The van der Waals surface area contributed by atoms with Crippen molar-refractivity contribution < 1.29 is 14.3 Å². The van der Waals surface area contributed by atoms with Crippen LogP contribution in [0.5, 0.6) is 5.75 Å². The Morgan fingerprint density at radius 3 is 2.82 bits per heavy atom. The average Bonchev–Trinajstić information content (AvgIpc) is 3.31. The largest absolute Gasteiger partial charge is 0.493 e. The Balaban J connectivity index is 1.87. The molecule has 0 aliphatic heterocycles. The Kier molecular flexibility index (Phi) is 5.77. The second-order valence-electron chi connectivity index (χ2n) is 5.50. The molecule has 1 aromatic carbocycles. The first-order valence-corrected chi connectivity index (χ1v) is 7.61. The zero-order valence-electron chi connectivity index (χ0n) is 12.9. The Morgan fingerprint density at radius 2 is 2.14 bits per heavy atom. The first kappa shape index (κ1) is 16.3. The Bertz CT molecular complexity index is 541. The molecular weight excluding hydrogens is 282 g/mol. The van der Waals surface area contributed by atoms with Crippen LogP contribution >= 0.6 is 0 Å². The van der Waals surface area contributed by atoms with Crippen LogP contribution in [-0.2, 0) is 4.79 Å². The van der Waals surface area contributed by atoms with Crippen molar-refractivity contribution in [1.82, 2.24) is 10.6 Å². The lowest BCUT2D eigenvalue weighted by Gasteiger charge is -2.11. The summed E-state index contributed by atoms with van der Waals surface area (Å²) in [7, 11) is 0. The van der Waals surface area contributed by atoms with Crippen molar-refractivity contribution in [1.29, 1.82) is 0 Å². The van der Waals surface area contributed by atoms with E-state index in [4.69, 9.17) is 10.5 Å². The maximum absolute atomic E-state index is 12.1. The lowest BCUT2D eigenvalue weighted by atomic mass is 10.1. The fourth-order valence-electron chi connectivity index (χ4n) is 1.93. The molecule has 0 aromatic heterocycles. The smallest absolute Gasteiger partial charge is 0.251 e. The molecule has 1 fully saturated rings. The number of hydrogen-bond acceptors (Lipinski definition) is 4. The van der Waals surface area contributed by atoms with Crippen molar-refractivity contribution in [2.24, 2.45) is 5.73 Å². The predicted octanol–water partition coefficient (Wildman–Crippen LogP) is 0.731. The number of carbonyl (C=O) groups is 2. The number of rotatable bonds is 8. The molecule has 1 aliphatic rings. The molecule has 4 N–H and O–H groups in total. The van der Waals surface area contributed by atoms with Gasteiger partial charge in [-0.15, -0.1) is 0 Å². The maximum atomic E-state index is 12.1. The molecule has 6 heteroatoms. The van der Waals surface area contributed by atoms with E-state index in [1.165, 1.54) is 0 Å². The van der Waals surface area contributed by atoms with Gasteiger partial charge >= 0.3 is 0 Å². The number of amides is 2. The summed E-state index contributed by atoms with van der Waals surface area (Å²) in [4.78, 5) is 23.6. The van der Waals surface area contributed by atoms with Crippen LogP contribution in [0.1, 0.15) is 35.2 Å². The van der Waals surface area contributed by atoms with E-state index in [9.17, 15) is 9.59 Å². The molecule has 22 heavy (non-hydrogen) atoms. The molecule has 2 amide bonds. The zero-order chi connectivity index (χ0) is 15.9. The molecule has 1 saturated carbocycles. The van der Waals surface area contributed by atoms with Crippen molar-refractivity contribution in [3.8, 4) is 5.75 Å². The van der Waals surface area contributed by atoms with Crippen LogP contribution in [0.15, 0.2) is 18.2 Å². The van der Waals surface area contributed by atoms with Gasteiger partial charge < -0.3 is 21.1 Å². The van der Waals surface area contributed by atoms with Gasteiger partial charge in [-0.05, 0) is 50.4 Å². The standard InChI is InChI=1S/C16H23N3O3/c1-11-3-4-12(9-14(11)22-8-2-7-17)16(21)18-10-15(20)19-13-5-6-13/h3-4,9,13H,2,5-8,10,17H2,1H3,(H,18,21)(H,19,20). The first-order chi connectivity index (χ1) is 10.6. The minimum absolute atomic E-state index is 0.00737. The van der Waals surface area contributed by atoms with E-state index < -0.39 is 0 Å².